The lowest BCUT2D eigenvalue weighted by molar-refractivity contribution is -0.167. The first-order chi connectivity index (χ1) is 32.2. The SMILES string of the molecule is CCCCCCCCCCCCCCCCC(=O)OC[C@@H](COC(=O)CCCCCCCCCCCCCCCCCCCCC(C)C)OC(=O)CCCCCCCCCCCCC(C)C. The Bertz CT molecular complexity index is 1010. The molecule has 66 heavy (non-hydrogen) atoms. The van der Waals surface area contributed by atoms with E-state index in [4.69, 9.17) is 14.2 Å². The lowest BCUT2D eigenvalue weighted by Gasteiger charge is -2.18. The van der Waals surface area contributed by atoms with Gasteiger partial charge < -0.3 is 14.2 Å². The average Bonchev–Trinajstić information content (AvgIpc) is 3.29. The van der Waals surface area contributed by atoms with Crippen LogP contribution in [0.3, 0.4) is 0 Å². The minimum atomic E-state index is -0.763. The van der Waals surface area contributed by atoms with Crippen molar-refractivity contribution in [1.82, 2.24) is 0 Å². The maximum absolute atomic E-state index is 12.8. The molecule has 6 heteroatoms. The van der Waals surface area contributed by atoms with Gasteiger partial charge in [0, 0.05) is 19.3 Å². The van der Waals surface area contributed by atoms with Crippen LogP contribution in [0.15, 0.2) is 0 Å². The summed E-state index contributed by atoms with van der Waals surface area (Å²) in [5.41, 5.74) is 0. The molecule has 0 radical (unpaired) electrons. The molecule has 0 bridgehead atoms. The number of unbranched alkanes of at least 4 members (excludes halogenated alkanes) is 39. The number of hydrogen-bond acceptors (Lipinski definition) is 6. The zero-order valence-electron chi connectivity index (χ0n) is 45.3. The Morgan fingerprint density at radius 3 is 0.742 bits per heavy atom. The molecule has 0 unspecified atom stereocenters. The van der Waals surface area contributed by atoms with Gasteiger partial charge in [-0.05, 0) is 31.1 Å². The van der Waals surface area contributed by atoms with Gasteiger partial charge in [-0.25, -0.2) is 0 Å². The Morgan fingerprint density at radius 1 is 0.288 bits per heavy atom. The minimum Gasteiger partial charge on any atom is -0.462 e. The van der Waals surface area contributed by atoms with Crippen LogP contribution in [0.2, 0.25) is 0 Å². The van der Waals surface area contributed by atoms with Gasteiger partial charge in [-0.1, -0.05) is 298 Å². The molecule has 0 aliphatic heterocycles. The van der Waals surface area contributed by atoms with Crippen molar-refractivity contribution in [2.75, 3.05) is 13.2 Å². The molecule has 0 aromatic heterocycles. The third kappa shape index (κ3) is 53.4. The highest BCUT2D eigenvalue weighted by Crippen LogP contribution is 2.18. The van der Waals surface area contributed by atoms with Crippen LogP contribution in [-0.4, -0.2) is 37.2 Å². The number of ether oxygens (including phenoxy) is 3. The van der Waals surface area contributed by atoms with Crippen LogP contribution in [0.4, 0.5) is 0 Å². The second-order valence-corrected chi connectivity index (χ2v) is 21.6. The number of rotatable bonds is 54. The molecule has 0 rings (SSSR count). The average molecular weight is 934 g/mol. The van der Waals surface area contributed by atoms with E-state index < -0.39 is 6.10 Å². The van der Waals surface area contributed by atoms with E-state index in [1.54, 1.807) is 0 Å². The predicted octanol–water partition coefficient (Wildman–Crippen LogP) is 19.7. The second kappa shape index (κ2) is 52.8. The lowest BCUT2D eigenvalue weighted by Crippen LogP contribution is -2.30. The van der Waals surface area contributed by atoms with Crippen molar-refractivity contribution in [3.8, 4) is 0 Å². The molecule has 392 valence electrons. The third-order valence-corrected chi connectivity index (χ3v) is 13.7. The summed E-state index contributed by atoms with van der Waals surface area (Å²) >= 11 is 0. The number of esters is 3. The summed E-state index contributed by atoms with van der Waals surface area (Å²) in [5.74, 6) is 0.837. The summed E-state index contributed by atoms with van der Waals surface area (Å²) in [5, 5.41) is 0. The fraction of sp³-hybridized carbons (Fsp3) is 0.950. The van der Waals surface area contributed by atoms with Gasteiger partial charge in [0.25, 0.3) is 0 Å². The summed E-state index contributed by atoms with van der Waals surface area (Å²) in [7, 11) is 0. The van der Waals surface area contributed by atoms with Crippen LogP contribution >= 0.6 is 0 Å². The zero-order chi connectivity index (χ0) is 48.2. The highest BCUT2D eigenvalue weighted by molar-refractivity contribution is 5.71. The van der Waals surface area contributed by atoms with Crippen molar-refractivity contribution < 1.29 is 28.6 Å². The summed E-state index contributed by atoms with van der Waals surface area (Å²) in [6.45, 7) is 11.4. The van der Waals surface area contributed by atoms with Crippen LogP contribution in [-0.2, 0) is 28.6 Å². The van der Waals surface area contributed by atoms with Crippen LogP contribution in [0.5, 0.6) is 0 Å². The highest BCUT2D eigenvalue weighted by Gasteiger charge is 2.19. The molecule has 0 N–H and O–H groups in total. The van der Waals surface area contributed by atoms with Gasteiger partial charge in [-0.3, -0.25) is 14.4 Å². The highest BCUT2D eigenvalue weighted by atomic mass is 16.6. The number of hydrogen-bond donors (Lipinski definition) is 0. The fourth-order valence-corrected chi connectivity index (χ4v) is 9.23. The predicted molar refractivity (Wildman–Crippen MR) is 284 cm³/mol. The standard InChI is InChI=1S/C60H116O6/c1-6-7-8-9-10-11-12-13-21-24-30-35-40-45-50-58(61)64-53-57(66-60(63)52-47-42-37-32-27-26-29-34-39-44-49-56(4)5)54-65-59(62)51-46-41-36-31-25-22-19-17-15-14-16-18-20-23-28-33-38-43-48-55(2)3/h55-57H,6-54H2,1-5H3/t57-/m0/s1. The minimum absolute atomic E-state index is 0.0626. The molecule has 0 spiro atoms. The number of carbonyl (C=O) groups is 3. The van der Waals surface area contributed by atoms with Crippen molar-refractivity contribution in [3.63, 3.8) is 0 Å². The maximum atomic E-state index is 12.8. The smallest absolute Gasteiger partial charge is 0.306 e. The van der Waals surface area contributed by atoms with E-state index in [2.05, 4.69) is 34.6 Å². The van der Waals surface area contributed by atoms with E-state index in [1.165, 1.54) is 225 Å². The van der Waals surface area contributed by atoms with Gasteiger partial charge in [-0.2, -0.15) is 0 Å². The molecule has 6 nitrogen and oxygen atoms in total. The second-order valence-electron chi connectivity index (χ2n) is 21.6. The molecule has 0 aromatic rings. The van der Waals surface area contributed by atoms with E-state index in [-0.39, 0.29) is 31.1 Å². The molecule has 0 fully saturated rings. The van der Waals surface area contributed by atoms with Gasteiger partial charge in [0.2, 0.25) is 0 Å². The van der Waals surface area contributed by atoms with Crippen LogP contribution in [0, 0.1) is 11.8 Å². The summed E-state index contributed by atoms with van der Waals surface area (Å²) in [6, 6.07) is 0. The van der Waals surface area contributed by atoms with Gasteiger partial charge in [0.1, 0.15) is 13.2 Å². The molecule has 1 atom stereocenters. The summed E-state index contributed by atoms with van der Waals surface area (Å²) in [6.07, 6.45) is 56.7. The van der Waals surface area contributed by atoms with E-state index in [9.17, 15) is 14.4 Å². The molecule has 0 aliphatic rings. The van der Waals surface area contributed by atoms with Crippen molar-refractivity contribution in [1.29, 1.82) is 0 Å². The molecule has 0 heterocycles. The van der Waals surface area contributed by atoms with Gasteiger partial charge in [-0.15, -0.1) is 0 Å². The molecular formula is C60H116O6. The van der Waals surface area contributed by atoms with Crippen molar-refractivity contribution in [2.45, 2.75) is 343 Å². The maximum Gasteiger partial charge on any atom is 0.306 e. The Labute approximate surface area is 412 Å². The van der Waals surface area contributed by atoms with Crippen LogP contribution < -0.4 is 0 Å². The molecule has 0 aromatic carbocycles. The van der Waals surface area contributed by atoms with Crippen molar-refractivity contribution >= 4 is 17.9 Å². The Hall–Kier alpha value is -1.59. The first-order valence-corrected chi connectivity index (χ1v) is 29.7. The largest absolute Gasteiger partial charge is 0.462 e. The van der Waals surface area contributed by atoms with Crippen LogP contribution in [0.25, 0.3) is 0 Å². The number of carbonyl (C=O) groups excluding carboxylic acids is 3. The van der Waals surface area contributed by atoms with Gasteiger partial charge in [0.15, 0.2) is 6.10 Å². The lowest BCUT2D eigenvalue weighted by atomic mass is 10.0. The first-order valence-electron chi connectivity index (χ1n) is 29.7. The molecule has 0 aliphatic carbocycles. The van der Waals surface area contributed by atoms with E-state index in [0.717, 1.165) is 69.6 Å². The van der Waals surface area contributed by atoms with Crippen molar-refractivity contribution in [2.24, 2.45) is 11.8 Å². The Kier molecular flexibility index (Phi) is 51.5. The zero-order valence-corrected chi connectivity index (χ0v) is 45.3. The normalized spacial score (nSPS) is 12.0. The van der Waals surface area contributed by atoms with Gasteiger partial charge in [0.05, 0.1) is 0 Å². The fourth-order valence-electron chi connectivity index (χ4n) is 9.23. The quantitative estimate of drug-likeness (QED) is 0.0343. The summed E-state index contributed by atoms with van der Waals surface area (Å²) in [4.78, 5) is 38.1. The Balaban J connectivity index is 4.23. The molecular weight excluding hydrogens is 817 g/mol. The van der Waals surface area contributed by atoms with Gasteiger partial charge >= 0.3 is 17.9 Å². The van der Waals surface area contributed by atoms with Crippen molar-refractivity contribution in [3.05, 3.63) is 0 Å². The Morgan fingerprint density at radius 2 is 0.500 bits per heavy atom. The molecule has 0 saturated carbocycles. The third-order valence-electron chi connectivity index (χ3n) is 13.7. The molecule has 0 amide bonds. The molecule has 0 saturated heterocycles. The van der Waals surface area contributed by atoms with E-state index >= 15 is 0 Å². The van der Waals surface area contributed by atoms with E-state index in [0.29, 0.717) is 19.3 Å². The van der Waals surface area contributed by atoms with Crippen LogP contribution in [0.1, 0.15) is 336 Å². The monoisotopic (exact) mass is 933 g/mol. The summed E-state index contributed by atoms with van der Waals surface area (Å²) < 4.78 is 16.9. The van der Waals surface area contributed by atoms with E-state index in [1.807, 2.05) is 0 Å². The first kappa shape index (κ1) is 64.4. The topological polar surface area (TPSA) is 78.9 Å².